The van der Waals surface area contributed by atoms with Crippen molar-refractivity contribution >= 4 is 0 Å². The Hall–Kier alpha value is 0.163. The molecule has 0 aromatic heterocycles. The number of rotatable bonds is 0. The summed E-state index contributed by atoms with van der Waals surface area (Å²) in [7, 11) is 0. The fourth-order valence-corrected chi connectivity index (χ4v) is 0. The third-order valence-electron chi connectivity index (χ3n) is 0. The molecule has 4 heavy (non-hydrogen) atoms. The molecule has 0 fully saturated rings. The van der Waals surface area contributed by atoms with Gasteiger partial charge in [-0.15, -0.1) is 0 Å². The van der Waals surface area contributed by atoms with Crippen molar-refractivity contribution < 1.29 is 19.5 Å². The van der Waals surface area contributed by atoms with Gasteiger partial charge in [-0.05, 0) is 6.20 Å². The average Bonchev–Trinajstić information content (AvgIpc) is 0.918. The SMILES string of the molecule is C=CN.[Zn]. The van der Waals surface area contributed by atoms with Crippen molar-refractivity contribution in [3.8, 4) is 0 Å². The van der Waals surface area contributed by atoms with Gasteiger partial charge in [0.15, 0.2) is 0 Å². The molecule has 0 radical (unpaired) electrons. The number of hydrogen-bond donors (Lipinski definition) is 1. The molecule has 0 rings (SSSR count). The first-order chi connectivity index (χ1) is 1.41. The molecule has 0 unspecified atom stereocenters. The molecule has 2 heteroatoms. The van der Waals surface area contributed by atoms with Crippen molar-refractivity contribution in [2.45, 2.75) is 0 Å². The smallest absolute Gasteiger partial charge is 0 e. The zero-order valence-corrected chi connectivity index (χ0v) is 5.54. The van der Waals surface area contributed by atoms with E-state index in [1.165, 1.54) is 6.20 Å². The van der Waals surface area contributed by atoms with E-state index in [-0.39, 0.29) is 19.5 Å². The normalized spacial score (nSPS) is 3.00. The third-order valence-corrected chi connectivity index (χ3v) is 0. The Labute approximate surface area is 38.6 Å². The minimum atomic E-state index is 0. The van der Waals surface area contributed by atoms with Gasteiger partial charge in [-0.3, -0.25) is 0 Å². The van der Waals surface area contributed by atoms with Gasteiger partial charge in [0.2, 0.25) is 0 Å². The summed E-state index contributed by atoms with van der Waals surface area (Å²) < 4.78 is 0. The van der Waals surface area contributed by atoms with Gasteiger partial charge in [-0.25, -0.2) is 0 Å². The van der Waals surface area contributed by atoms with Gasteiger partial charge < -0.3 is 5.73 Å². The topological polar surface area (TPSA) is 26.0 Å². The summed E-state index contributed by atoms with van der Waals surface area (Å²) in [6.45, 7) is 3.14. The van der Waals surface area contributed by atoms with Crippen molar-refractivity contribution in [3.63, 3.8) is 0 Å². The fourth-order valence-electron chi connectivity index (χ4n) is 0. The van der Waals surface area contributed by atoms with Gasteiger partial charge in [0.1, 0.15) is 0 Å². The predicted molar refractivity (Wildman–Crippen MR) is 14.4 cm³/mol. The van der Waals surface area contributed by atoms with Gasteiger partial charge in [0.05, 0.1) is 0 Å². The molecule has 0 heterocycles. The molecule has 0 aliphatic heterocycles. The van der Waals surface area contributed by atoms with E-state index in [0.717, 1.165) is 0 Å². The molecule has 0 aliphatic rings. The Bertz CT molecular complexity index is 13.5. The quantitative estimate of drug-likeness (QED) is 0.437. The molecule has 0 atom stereocenters. The number of nitrogens with two attached hydrogens (primary N) is 1. The largest absolute Gasteiger partial charge is 0.405 e. The van der Waals surface area contributed by atoms with Crippen LogP contribution in [0.15, 0.2) is 12.8 Å². The van der Waals surface area contributed by atoms with E-state index >= 15 is 0 Å². The maximum absolute atomic E-state index is 4.61. The van der Waals surface area contributed by atoms with Gasteiger partial charge in [-0.1, -0.05) is 6.58 Å². The van der Waals surface area contributed by atoms with Crippen LogP contribution in [0, 0.1) is 0 Å². The molecule has 20 valence electrons. The van der Waals surface area contributed by atoms with Crippen LogP contribution in [0.4, 0.5) is 0 Å². The van der Waals surface area contributed by atoms with Crippen molar-refractivity contribution in [1.82, 2.24) is 0 Å². The second kappa shape index (κ2) is 10.9. The fraction of sp³-hybridized carbons (Fsp3) is 0. The molecule has 1 nitrogen and oxygen atoms in total. The molecule has 0 aliphatic carbocycles. The van der Waals surface area contributed by atoms with Crippen molar-refractivity contribution in [3.05, 3.63) is 12.8 Å². The summed E-state index contributed by atoms with van der Waals surface area (Å²) >= 11 is 0. The third kappa shape index (κ3) is 110. The van der Waals surface area contributed by atoms with Crippen LogP contribution >= 0.6 is 0 Å². The molecule has 0 saturated heterocycles. The van der Waals surface area contributed by atoms with Crippen LogP contribution in [0.25, 0.3) is 0 Å². The summed E-state index contributed by atoms with van der Waals surface area (Å²) in [5, 5.41) is 0. The Morgan fingerprint density at radius 1 is 1.75 bits per heavy atom. The van der Waals surface area contributed by atoms with Crippen molar-refractivity contribution in [2.75, 3.05) is 0 Å². The van der Waals surface area contributed by atoms with E-state index in [2.05, 4.69) is 12.3 Å². The van der Waals surface area contributed by atoms with E-state index in [1.54, 1.807) is 0 Å². The van der Waals surface area contributed by atoms with Crippen LogP contribution in [0.3, 0.4) is 0 Å². The van der Waals surface area contributed by atoms with Crippen molar-refractivity contribution in [2.24, 2.45) is 5.73 Å². The molecular formula is C2H5NZn. The van der Waals surface area contributed by atoms with Gasteiger partial charge >= 0.3 is 0 Å². The van der Waals surface area contributed by atoms with Gasteiger partial charge in [-0.2, -0.15) is 0 Å². The molecule has 0 saturated carbocycles. The van der Waals surface area contributed by atoms with Crippen molar-refractivity contribution in [1.29, 1.82) is 0 Å². The predicted octanol–water partition coefficient (Wildman–Crippen LogP) is 0.0861. The van der Waals surface area contributed by atoms with Crippen LogP contribution in [0.1, 0.15) is 0 Å². The zero-order valence-electron chi connectivity index (χ0n) is 2.57. The zero-order chi connectivity index (χ0) is 2.71. The second-order valence-corrected chi connectivity index (χ2v) is 0.236. The molecule has 0 amide bonds. The van der Waals surface area contributed by atoms with E-state index < -0.39 is 0 Å². The first kappa shape index (κ1) is 8.90. The minimum absolute atomic E-state index is 0. The number of hydrogen-bond acceptors (Lipinski definition) is 1. The van der Waals surface area contributed by atoms with Crippen LogP contribution in [-0.2, 0) is 19.5 Å². The summed E-state index contributed by atoms with van der Waals surface area (Å²) in [5.74, 6) is 0. The monoisotopic (exact) mass is 107 g/mol. The molecule has 0 aromatic carbocycles. The summed E-state index contributed by atoms with van der Waals surface area (Å²) in [6, 6.07) is 0. The van der Waals surface area contributed by atoms with Crippen LogP contribution in [0.5, 0.6) is 0 Å². The molecule has 2 N–H and O–H groups in total. The minimum Gasteiger partial charge on any atom is -0.405 e. The maximum atomic E-state index is 4.61. The molecule has 0 spiro atoms. The van der Waals surface area contributed by atoms with E-state index in [4.69, 9.17) is 0 Å². The summed E-state index contributed by atoms with van der Waals surface area (Å²) in [4.78, 5) is 0. The van der Waals surface area contributed by atoms with E-state index in [0.29, 0.717) is 0 Å². The summed E-state index contributed by atoms with van der Waals surface area (Å²) in [6.07, 6.45) is 1.25. The maximum Gasteiger partial charge on any atom is 0 e. The Morgan fingerprint density at radius 3 is 1.75 bits per heavy atom. The van der Waals surface area contributed by atoms with Gasteiger partial charge in [0.25, 0.3) is 0 Å². The van der Waals surface area contributed by atoms with Gasteiger partial charge in [0, 0.05) is 19.5 Å². The Morgan fingerprint density at radius 2 is 1.75 bits per heavy atom. The van der Waals surface area contributed by atoms with Crippen LogP contribution in [-0.4, -0.2) is 0 Å². The van der Waals surface area contributed by atoms with Crippen LogP contribution in [0.2, 0.25) is 0 Å². The first-order valence-electron chi connectivity index (χ1n) is 0.742. The second-order valence-electron chi connectivity index (χ2n) is 0.236. The average molecular weight is 108 g/mol. The molecular weight excluding hydrogens is 103 g/mol. The Balaban J connectivity index is 0. The molecule has 0 bridgehead atoms. The standard InChI is InChI=1S/C2H5N.Zn/c1-2-3;/h2H,1,3H2;. The molecule has 0 aromatic rings. The first-order valence-corrected chi connectivity index (χ1v) is 0.742. The Kier molecular flexibility index (Phi) is 24.3. The summed E-state index contributed by atoms with van der Waals surface area (Å²) in [5.41, 5.74) is 4.61. The van der Waals surface area contributed by atoms with Crippen LogP contribution < -0.4 is 5.73 Å². The van der Waals surface area contributed by atoms with E-state index in [9.17, 15) is 0 Å². The van der Waals surface area contributed by atoms with E-state index in [1.807, 2.05) is 0 Å².